The molecule has 1 atom stereocenters. The van der Waals surface area contributed by atoms with E-state index >= 15 is 0 Å². The number of thioether (sulfide) groups is 1. The van der Waals surface area contributed by atoms with Crippen molar-refractivity contribution in [1.82, 2.24) is 14.8 Å². The Balaban J connectivity index is 2.61. The molecular weight excluding hydrogens is 214 g/mol. The third-order valence-corrected chi connectivity index (χ3v) is 3.23. The third kappa shape index (κ3) is 3.23. The lowest BCUT2D eigenvalue weighted by atomic mass is 10.3. The second-order valence-corrected chi connectivity index (χ2v) is 4.10. The van der Waals surface area contributed by atoms with Crippen molar-refractivity contribution in [2.75, 3.05) is 6.61 Å². The summed E-state index contributed by atoms with van der Waals surface area (Å²) < 4.78 is 6.61. The first-order valence-electron chi connectivity index (χ1n) is 4.86. The van der Waals surface area contributed by atoms with Gasteiger partial charge in [0.1, 0.15) is 11.6 Å². The molecule has 1 heterocycles. The van der Waals surface area contributed by atoms with Gasteiger partial charge in [-0.05, 0) is 13.3 Å². The molecule has 5 nitrogen and oxygen atoms in total. The minimum Gasteiger partial charge on any atom is -0.465 e. The molecule has 6 heteroatoms. The Morgan fingerprint density at radius 1 is 1.67 bits per heavy atom. The van der Waals surface area contributed by atoms with Crippen LogP contribution < -0.4 is 0 Å². The standard InChI is InChI=1S/C9H15N3O2S/c1-4-7(8(13)14-5-2)15-9-10-6-11-12(9)3/h6-7H,4-5H2,1-3H3/t7-/m0/s1. The molecule has 0 unspecified atom stereocenters. The van der Waals surface area contributed by atoms with Crippen LogP contribution in [0.4, 0.5) is 0 Å². The van der Waals surface area contributed by atoms with Crippen molar-refractivity contribution < 1.29 is 9.53 Å². The molecule has 0 N–H and O–H groups in total. The van der Waals surface area contributed by atoms with Crippen molar-refractivity contribution in [3.05, 3.63) is 6.33 Å². The molecule has 0 aliphatic carbocycles. The van der Waals surface area contributed by atoms with Crippen LogP contribution in [0.3, 0.4) is 0 Å². The largest absolute Gasteiger partial charge is 0.465 e. The topological polar surface area (TPSA) is 57.0 Å². The Labute approximate surface area is 93.2 Å². The van der Waals surface area contributed by atoms with Crippen LogP contribution in [-0.4, -0.2) is 32.6 Å². The Bertz CT molecular complexity index is 327. The highest BCUT2D eigenvalue weighted by Crippen LogP contribution is 2.23. The van der Waals surface area contributed by atoms with Crippen LogP contribution in [0, 0.1) is 0 Å². The lowest BCUT2D eigenvalue weighted by Crippen LogP contribution is -2.20. The number of aryl methyl sites for hydroxylation is 1. The molecule has 84 valence electrons. The van der Waals surface area contributed by atoms with Crippen molar-refractivity contribution in [2.24, 2.45) is 7.05 Å². The molecule has 0 aromatic carbocycles. The maximum atomic E-state index is 11.5. The average molecular weight is 229 g/mol. The number of hydrogen-bond donors (Lipinski definition) is 0. The number of carbonyl (C=O) groups excluding carboxylic acids is 1. The van der Waals surface area contributed by atoms with Crippen LogP contribution in [0.2, 0.25) is 0 Å². The highest BCUT2D eigenvalue weighted by atomic mass is 32.2. The highest BCUT2D eigenvalue weighted by molar-refractivity contribution is 8.00. The SMILES string of the molecule is CCOC(=O)[C@H](CC)Sc1ncnn1C. The first kappa shape index (κ1) is 12.0. The molecule has 1 rings (SSSR count). The van der Waals surface area contributed by atoms with Crippen molar-refractivity contribution in [3.8, 4) is 0 Å². The summed E-state index contributed by atoms with van der Waals surface area (Å²) in [5, 5.41) is 4.47. The van der Waals surface area contributed by atoms with E-state index in [0.29, 0.717) is 6.61 Å². The van der Waals surface area contributed by atoms with Crippen molar-refractivity contribution in [1.29, 1.82) is 0 Å². The Kier molecular flexibility index (Phi) is 4.61. The van der Waals surface area contributed by atoms with E-state index in [2.05, 4.69) is 10.1 Å². The minimum atomic E-state index is -0.201. The number of carbonyl (C=O) groups is 1. The number of rotatable bonds is 5. The van der Waals surface area contributed by atoms with E-state index in [0.717, 1.165) is 11.6 Å². The fourth-order valence-corrected chi connectivity index (χ4v) is 1.95. The van der Waals surface area contributed by atoms with Crippen molar-refractivity contribution in [3.63, 3.8) is 0 Å². The second kappa shape index (κ2) is 5.75. The molecule has 0 amide bonds. The monoisotopic (exact) mass is 229 g/mol. The highest BCUT2D eigenvalue weighted by Gasteiger charge is 2.21. The number of ether oxygens (including phenoxy) is 1. The fraction of sp³-hybridized carbons (Fsp3) is 0.667. The lowest BCUT2D eigenvalue weighted by Gasteiger charge is -2.11. The zero-order valence-corrected chi connectivity index (χ0v) is 9.95. The molecule has 0 saturated heterocycles. The lowest BCUT2D eigenvalue weighted by molar-refractivity contribution is -0.142. The summed E-state index contributed by atoms with van der Waals surface area (Å²) in [6, 6.07) is 0. The van der Waals surface area contributed by atoms with Crippen LogP contribution in [0.5, 0.6) is 0 Å². The van der Waals surface area contributed by atoms with Gasteiger partial charge in [0.05, 0.1) is 6.61 Å². The van der Waals surface area contributed by atoms with Gasteiger partial charge in [-0.1, -0.05) is 18.7 Å². The van der Waals surface area contributed by atoms with Crippen LogP contribution in [0.25, 0.3) is 0 Å². The molecule has 15 heavy (non-hydrogen) atoms. The summed E-state index contributed by atoms with van der Waals surface area (Å²) in [4.78, 5) is 15.6. The van der Waals surface area contributed by atoms with Gasteiger partial charge in [-0.25, -0.2) is 9.67 Å². The van der Waals surface area contributed by atoms with Gasteiger partial charge in [0.25, 0.3) is 0 Å². The second-order valence-electron chi connectivity index (χ2n) is 2.93. The maximum Gasteiger partial charge on any atom is 0.319 e. The van der Waals surface area contributed by atoms with Gasteiger partial charge in [0, 0.05) is 7.05 Å². The summed E-state index contributed by atoms with van der Waals surface area (Å²) in [6.07, 6.45) is 2.19. The maximum absolute atomic E-state index is 11.5. The quantitative estimate of drug-likeness (QED) is 0.562. The van der Waals surface area contributed by atoms with E-state index in [1.54, 1.807) is 18.7 Å². The van der Waals surface area contributed by atoms with Crippen LogP contribution in [-0.2, 0) is 16.6 Å². The average Bonchev–Trinajstić information content (AvgIpc) is 2.61. The zero-order valence-electron chi connectivity index (χ0n) is 9.14. The van der Waals surface area contributed by atoms with E-state index in [-0.39, 0.29) is 11.2 Å². The van der Waals surface area contributed by atoms with Gasteiger partial charge in [0.15, 0.2) is 5.16 Å². The molecule has 0 spiro atoms. The van der Waals surface area contributed by atoms with Gasteiger partial charge in [-0.3, -0.25) is 4.79 Å². The molecular formula is C9H15N3O2S. The number of hydrogen-bond acceptors (Lipinski definition) is 5. The summed E-state index contributed by atoms with van der Waals surface area (Å²) in [5.74, 6) is -0.187. The van der Waals surface area contributed by atoms with E-state index < -0.39 is 0 Å². The molecule has 0 fully saturated rings. The molecule has 0 aliphatic rings. The van der Waals surface area contributed by atoms with Crippen molar-refractivity contribution >= 4 is 17.7 Å². The molecule has 0 aliphatic heterocycles. The van der Waals surface area contributed by atoms with Gasteiger partial charge < -0.3 is 4.74 Å². The van der Waals surface area contributed by atoms with E-state index in [4.69, 9.17) is 4.74 Å². The summed E-state index contributed by atoms with van der Waals surface area (Å²) in [6.45, 7) is 4.16. The first-order valence-corrected chi connectivity index (χ1v) is 5.74. The van der Waals surface area contributed by atoms with Crippen LogP contribution in [0.15, 0.2) is 11.5 Å². The Morgan fingerprint density at radius 3 is 2.87 bits per heavy atom. The van der Waals surface area contributed by atoms with Gasteiger partial charge in [-0.15, -0.1) is 0 Å². The van der Waals surface area contributed by atoms with E-state index in [1.165, 1.54) is 18.1 Å². The van der Waals surface area contributed by atoms with Gasteiger partial charge in [0.2, 0.25) is 0 Å². The summed E-state index contributed by atoms with van der Waals surface area (Å²) in [5.41, 5.74) is 0. The number of nitrogens with zero attached hydrogens (tertiary/aromatic N) is 3. The Morgan fingerprint density at radius 2 is 2.40 bits per heavy atom. The first-order chi connectivity index (χ1) is 7.19. The van der Waals surface area contributed by atoms with Crippen LogP contribution in [0.1, 0.15) is 20.3 Å². The molecule has 1 aromatic rings. The Hall–Kier alpha value is -1.04. The third-order valence-electron chi connectivity index (χ3n) is 1.84. The summed E-state index contributed by atoms with van der Waals surface area (Å²) >= 11 is 1.38. The predicted molar refractivity (Wildman–Crippen MR) is 57.6 cm³/mol. The summed E-state index contributed by atoms with van der Waals surface area (Å²) in [7, 11) is 1.80. The molecule has 0 bridgehead atoms. The van der Waals surface area contributed by atoms with Crippen molar-refractivity contribution in [2.45, 2.75) is 30.7 Å². The minimum absolute atomic E-state index is 0.187. The normalized spacial score (nSPS) is 12.5. The number of aromatic nitrogens is 3. The molecule has 0 radical (unpaired) electrons. The predicted octanol–water partition coefficient (Wildman–Crippen LogP) is 1.25. The van der Waals surface area contributed by atoms with Gasteiger partial charge >= 0.3 is 5.97 Å². The molecule has 1 aromatic heterocycles. The molecule has 0 saturated carbocycles. The fourth-order valence-electron chi connectivity index (χ4n) is 1.05. The van der Waals surface area contributed by atoms with E-state index in [9.17, 15) is 4.79 Å². The number of esters is 1. The van der Waals surface area contributed by atoms with Crippen LogP contribution >= 0.6 is 11.8 Å². The van der Waals surface area contributed by atoms with Gasteiger partial charge in [-0.2, -0.15) is 5.10 Å². The smallest absolute Gasteiger partial charge is 0.319 e. The zero-order chi connectivity index (χ0) is 11.3. The van der Waals surface area contributed by atoms with E-state index in [1.807, 2.05) is 6.92 Å².